The maximum Gasteiger partial charge on any atom is 0.0391 e. The lowest BCUT2D eigenvalue weighted by Crippen LogP contribution is -1.90. The Labute approximate surface area is 166 Å². The van der Waals surface area contributed by atoms with E-state index < -0.39 is 0 Å². The average molecular weight is 375 g/mol. The monoisotopic (exact) mass is 375 g/mol. The van der Waals surface area contributed by atoms with Crippen LogP contribution in [0.1, 0.15) is 0 Å². The van der Waals surface area contributed by atoms with Crippen LogP contribution in [-0.4, -0.2) is 0 Å². The molecule has 0 aliphatic rings. The van der Waals surface area contributed by atoms with Gasteiger partial charge in [0.25, 0.3) is 0 Å². The first-order valence-corrected chi connectivity index (χ1v) is 10.3. The highest BCUT2D eigenvalue weighted by molar-refractivity contribution is 7.25. The molecule has 2 heteroatoms. The largest absolute Gasteiger partial charge is 0.355 e. The SMILES string of the molecule is c1ccc2c(c1)ccc1ccc(Nc3ccc4sc5ccccc5c4c3)cc12. The number of hydrogen-bond donors (Lipinski definition) is 1. The molecule has 132 valence electrons. The number of hydrogen-bond acceptors (Lipinski definition) is 2. The summed E-state index contributed by atoms with van der Waals surface area (Å²) in [6.07, 6.45) is 0. The smallest absolute Gasteiger partial charge is 0.0391 e. The molecule has 0 amide bonds. The molecule has 6 rings (SSSR count). The van der Waals surface area contributed by atoms with Crippen LogP contribution in [0.2, 0.25) is 0 Å². The minimum atomic E-state index is 1.11. The minimum Gasteiger partial charge on any atom is -0.355 e. The van der Waals surface area contributed by atoms with Gasteiger partial charge in [0.15, 0.2) is 0 Å². The van der Waals surface area contributed by atoms with Gasteiger partial charge in [-0.2, -0.15) is 0 Å². The molecule has 0 radical (unpaired) electrons. The third-order valence-electron chi connectivity index (χ3n) is 5.41. The second-order valence-corrected chi connectivity index (χ2v) is 8.24. The van der Waals surface area contributed by atoms with Crippen LogP contribution in [0.25, 0.3) is 41.7 Å². The second kappa shape index (κ2) is 6.08. The van der Waals surface area contributed by atoms with Gasteiger partial charge in [-0.05, 0) is 57.9 Å². The lowest BCUT2D eigenvalue weighted by Gasteiger charge is -2.10. The summed E-state index contributed by atoms with van der Waals surface area (Å²) in [6, 6.07) is 34.9. The first-order chi connectivity index (χ1) is 13.8. The van der Waals surface area contributed by atoms with Gasteiger partial charge < -0.3 is 5.32 Å². The third kappa shape index (κ3) is 2.46. The summed E-state index contributed by atoms with van der Waals surface area (Å²) in [7, 11) is 0. The Morgan fingerprint density at radius 3 is 1.96 bits per heavy atom. The van der Waals surface area contributed by atoms with Crippen molar-refractivity contribution < 1.29 is 0 Å². The summed E-state index contributed by atoms with van der Waals surface area (Å²) >= 11 is 1.85. The van der Waals surface area contributed by atoms with E-state index in [9.17, 15) is 0 Å². The molecular weight excluding hydrogens is 358 g/mol. The molecule has 6 aromatic rings. The van der Waals surface area contributed by atoms with E-state index >= 15 is 0 Å². The number of rotatable bonds is 2. The Kier molecular flexibility index (Phi) is 3.40. The van der Waals surface area contributed by atoms with Gasteiger partial charge in [-0.25, -0.2) is 0 Å². The van der Waals surface area contributed by atoms with E-state index in [1.165, 1.54) is 41.7 Å². The van der Waals surface area contributed by atoms with Crippen LogP contribution in [-0.2, 0) is 0 Å². The zero-order valence-corrected chi connectivity index (χ0v) is 16.0. The Hall–Kier alpha value is -3.36. The van der Waals surface area contributed by atoms with Crippen molar-refractivity contribution in [3.8, 4) is 0 Å². The molecule has 1 N–H and O–H groups in total. The number of thiophene rings is 1. The normalized spacial score (nSPS) is 11.6. The predicted molar refractivity (Wildman–Crippen MR) is 124 cm³/mol. The van der Waals surface area contributed by atoms with Crippen molar-refractivity contribution in [2.75, 3.05) is 5.32 Å². The van der Waals surface area contributed by atoms with E-state index in [4.69, 9.17) is 0 Å². The van der Waals surface area contributed by atoms with Gasteiger partial charge in [0.05, 0.1) is 0 Å². The minimum absolute atomic E-state index is 1.11. The Balaban J connectivity index is 1.47. The molecule has 0 unspecified atom stereocenters. The Morgan fingerprint density at radius 2 is 1.07 bits per heavy atom. The fourth-order valence-corrected chi connectivity index (χ4v) is 5.14. The van der Waals surface area contributed by atoms with Crippen LogP contribution in [0.4, 0.5) is 11.4 Å². The van der Waals surface area contributed by atoms with E-state index in [1.807, 2.05) is 11.3 Å². The van der Waals surface area contributed by atoms with Gasteiger partial charge in [0.2, 0.25) is 0 Å². The van der Waals surface area contributed by atoms with Crippen molar-refractivity contribution in [3.63, 3.8) is 0 Å². The van der Waals surface area contributed by atoms with Crippen LogP contribution in [0.3, 0.4) is 0 Å². The summed E-state index contributed by atoms with van der Waals surface area (Å²) in [4.78, 5) is 0. The van der Waals surface area contributed by atoms with Gasteiger partial charge in [-0.3, -0.25) is 0 Å². The molecule has 1 aromatic heterocycles. The zero-order chi connectivity index (χ0) is 18.5. The standard InChI is InChI=1S/C26H17NS/c1-2-6-21-17(5-1)9-10-18-11-12-19(15-23(18)21)27-20-13-14-26-24(16-20)22-7-3-4-8-25(22)28-26/h1-16,27H. The molecule has 0 saturated heterocycles. The van der Waals surface area contributed by atoms with Crippen LogP contribution in [0.5, 0.6) is 0 Å². The van der Waals surface area contributed by atoms with E-state index in [2.05, 4.69) is 102 Å². The molecule has 0 fully saturated rings. The summed E-state index contributed by atoms with van der Waals surface area (Å²) < 4.78 is 2.67. The van der Waals surface area contributed by atoms with Gasteiger partial charge in [-0.15, -0.1) is 11.3 Å². The fraction of sp³-hybridized carbons (Fsp3) is 0. The molecule has 1 heterocycles. The molecule has 1 nitrogen and oxygen atoms in total. The van der Waals surface area contributed by atoms with Gasteiger partial charge in [-0.1, -0.05) is 60.7 Å². The van der Waals surface area contributed by atoms with Crippen LogP contribution >= 0.6 is 11.3 Å². The van der Waals surface area contributed by atoms with Crippen LogP contribution in [0, 0.1) is 0 Å². The number of anilines is 2. The van der Waals surface area contributed by atoms with Crippen molar-refractivity contribution in [1.29, 1.82) is 0 Å². The molecule has 0 saturated carbocycles. The quantitative estimate of drug-likeness (QED) is 0.301. The third-order valence-corrected chi connectivity index (χ3v) is 6.56. The van der Waals surface area contributed by atoms with Crippen molar-refractivity contribution in [2.45, 2.75) is 0 Å². The lowest BCUT2D eigenvalue weighted by atomic mass is 10.0. The van der Waals surface area contributed by atoms with Crippen molar-refractivity contribution in [2.24, 2.45) is 0 Å². The molecule has 0 aliphatic carbocycles. The van der Waals surface area contributed by atoms with Crippen molar-refractivity contribution in [1.82, 2.24) is 0 Å². The van der Waals surface area contributed by atoms with E-state index in [-0.39, 0.29) is 0 Å². The highest BCUT2D eigenvalue weighted by Crippen LogP contribution is 2.36. The van der Waals surface area contributed by atoms with Crippen molar-refractivity contribution in [3.05, 3.63) is 97.1 Å². The Morgan fingerprint density at radius 1 is 0.464 bits per heavy atom. The van der Waals surface area contributed by atoms with Gasteiger partial charge in [0, 0.05) is 31.5 Å². The zero-order valence-electron chi connectivity index (χ0n) is 15.1. The first-order valence-electron chi connectivity index (χ1n) is 9.45. The van der Waals surface area contributed by atoms with Gasteiger partial charge in [0.1, 0.15) is 0 Å². The maximum absolute atomic E-state index is 3.61. The second-order valence-electron chi connectivity index (χ2n) is 7.16. The fourth-order valence-electron chi connectivity index (χ4n) is 4.05. The van der Waals surface area contributed by atoms with E-state index in [0.717, 1.165) is 11.4 Å². The summed E-state index contributed by atoms with van der Waals surface area (Å²) in [5, 5.41) is 11.4. The van der Waals surface area contributed by atoms with Crippen LogP contribution in [0.15, 0.2) is 97.1 Å². The molecule has 0 spiro atoms. The topological polar surface area (TPSA) is 12.0 Å². The predicted octanol–water partition coefficient (Wildman–Crippen LogP) is 8.10. The van der Waals surface area contributed by atoms with E-state index in [0.29, 0.717) is 0 Å². The first kappa shape index (κ1) is 15.7. The lowest BCUT2D eigenvalue weighted by molar-refractivity contribution is 1.60. The van der Waals surface area contributed by atoms with Crippen molar-refractivity contribution >= 4 is 64.4 Å². The molecule has 5 aromatic carbocycles. The van der Waals surface area contributed by atoms with E-state index in [1.54, 1.807) is 0 Å². The number of fused-ring (bicyclic) bond motifs is 6. The molecule has 28 heavy (non-hydrogen) atoms. The molecule has 0 bridgehead atoms. The summed E-state index contributed by atoms with van der Waals surface area (Å²) in [6.45, 7) is 0. The molecule has 0 aliphatic heterocycles. The highest BCUT2D eigenvalue weighted by atomic mass is 32.1. The highest BCUT2D eigenvalue weighted by Gasteiger charge is 2.06. The summed E-state index contributed by atoms with van der Waals surface area (Å²) in [5.41, 5.74) is 2.23. The summed E-state index contributed by atoms with van der Waals surface area (Å²) in [5.74, 6) is 0. The molecular formula is C26H17NS. The number of nitrogens with one attached hydrogen (secondary N) is 1. The molecule has 0 atom stereocenters. The Bertz CT molecular complexity index is 1490. The maximum atomic E-state index is 3.61. The average Bonchev–Trinajstić information content (AvgIpc) is 3.12. The van der Waals surface area contributed by atoms with Gasteiger partial charge >= 0.3 is 0 Å². The number of benzene rings is 5. The van der Waals surface area contributed by atoms with Crippen LogP contribution < -0.4 is 5.32 Å².